The minimum Gasteiger partial charge on any atom is -0.478 e. The molecule has 0 aliphatic carbocycles. The molecule has 20 heavy (non-hydrogen) atoms. The zero-order valence-corrected chi connectivity index (χ0v) is 12.5. The summed E-state index contributed by atoms with van der Waals surface area (Å²) in [6.45, 7) is 0. The first-order valence-corrected chi connectivity index (χ1v) is 7.48. The quantitative estimate of drug-likeness (QED) is 0.842. The topological polar surface area (TPSA) is 114 Å². The van der Waals surface area contributed by atoms with Gasteiger partial charge in [-0.1, -0.05) is 0 Å². The molecule has 0 saturated carbocycles. The summed E-state index contributed by atoms with van der Waals surface area (Å²) in [6.07, 6.45) is 1.20. The Hall–Kier alpha value is -1.94. The Morgan fingerprint density at radius 1 is 1.45 bits per heavy atom. The fourth-order valence-electron chi connectivity index (χ4n) is 1.41. The minimum atomic E-state index is -3.98. The van der Waals surface area contributed by atoms with E-state index in [1.165, 1.54) is 30.2 Å². The van der Waals surface area contributed by atoms with Crippen molar-refractivity contribution in [3.05, 3.63) is 34.6 Å². The van der Waals surface area contributed by atoms with Gasteiger partial charge in [-0.25, -0.2) is 22.6 Å². The number of aryl methyl sites for hydroxylation is 1. The molecule has 2 N–H and O–H groups in total. The van der Waals surface area contributed by atoms with Crippen LogP contribution in [0.2, 0.25) is 0 Å². The molecule has 0 atom stereocenters. The molecule has 2 rings (SSSR count). The molecule has 106 valence electrons. The van der Waals surface area contributed by atoms with Gasteiger partial charge in [0.25, 0.3) is 10.0 Å². The van der Waals surface area contributed by atoms with Crippen LogP contribution < -0.4 is 4.72 Å². The first-order chi connectivity index (χ1) is 9.31. The molecule has 8 nitrogen and oxygen atoms in total. The molecule has 0 unspecified atom stereocenters. The zero-order valence-electron chi connectivity index (χ0n) is 10.1. The summed E-state index contributed by atoms with van der Waals surface area (Å²) < 4.78 is 28.2. The highest BCUT2D eigenvalue weighted by Gasteiger charge is 2.21. The molecule has 10 heteroatoms. The van der Waals surface area contributed by atoms with Crippen LogP contribution in [-0.4, -0.2) is 34.3 Å². The van der Waals surface area contributed by atoms with Crippen LogP contribution in [0.4, 0.5) is 5.95 Å². The SMILES string of the molecule is Cn1ncnc1NS(=O)(=O)c1cc(C(=O)O)ccc1Br. The van der Waals surface area contributed by atoms with Gasteiger partial charge in [-0.05, 0) is 34.1 Å². The Kier molecular flexibility index (Phi) is 3.77. The third-order valence-electron chi connectivity index (χ3n) is 2.40. The monoisotopic (exact) mass is 360 g/mol. The molecule has 0 radical (unpaired) electrons. The second-order valence-electron chi connectivity index (χ2n) is 3.76. The van der Waals surface area contributed by atoms with Crippen molar-refractivity contribution in [3.8, 4) is 0 Å². The van der Waals surface area contributed by atoms with Crippen molar-refractivity contribution in [2.75, 3.05) is 4.72 Å². The van der Waals surface area contributed by atoms with Gasteiger partial charge in [-0.15, -0.1) is 0 Å². The summed E-state index contributed by atoms with van der Waals surface area (Å²) in [5.41, 5.74) is -0.133. The van der Waals surface area contributed by atoms with Crippen LogP contribution in [0.3, 0.4) is 0 Å². The van der Waals surface area contributed by atoms with Gasteiger partial charge in [-0.3, -0.25) is 0 Å². The number of carboxylic acid groups (broad SMARTS) is 1. The van der Waals surface area contributed by atoms with Gasteiger partial charge >= 0.3 is 5.97 Å². The number of rotatable bonds is 4. The number of hydrogen-bond acceptors (Lipinski definition) is 5. The molecule has 0 amide bonds. The van der Waals surface area contributed by atoms with Gasteiger partial charge in [-0.2, -0.15) is 10.1 Å². The summed E-state index contributed by atoms with van der Waals surface area (Å²) >= 11 is 3.08. The van der Waals surface area contributed by atoms with Gasteiger partial charge < -0.3 is 5.11 Å². The Labute approximate surface area is 122 Å². The molecule has 1 heterocycles. The van der Waals surface area contributed by atoms with E-state index in [9.17, 15) is 13.2 Å². The standard InChI is InChI=1S/C10H9BrN4O4S/c1-15-10(12-5-13-15)14-20(18,19)8-4-6(9(16)17)2-3-7(8)11/h2-5H,1H3,(H,16,17)(H,12,13,14). The highest BCUT2D eigenvalue weighted by Crippen LogP contribution is 2.24. The van der Waals surface area contributed by atoms with E-state index >= 15 is 0 Å². The Morgan fingerprint density at radius 2 is 2.15 bits per heavy atom. The van der Waals surface area contributed by atoms with Crippen molar-refractivity contribution in [3.63, 3.8) is 0 Å². The molecule has 0 saturated heterocycles. The van der Waals surface area contributed by atoms with E-state index in [4.69, 9.17) is 5.11 Å². The number of hydrogen-bond donors (Lipinski definition) is 2. The number of carboxylic acids is 1. The Morgan fingerprint density at radius 3 is 2.70 bits per heavy atom. The lowest BCUT2D eigenvalue weighted by atomic mass is 10.2. The van der Waals surface area contributed by atoms with Crippen LogP contribution in [0.25, 0.3) is 0 Å². The van der Waals surface area contributed by atoms with Crippen molar-refractivity contribution in [1.82, 2.24) is 14.8 Å². The molecule has 0 fully saturated rings. The number of halogens is 1. The molecule has 0 spiro atoms. The number of sulfonamides is 1. The molecule has 0 aliphatic rings. The second kappa shape index (κ2) is 5.21. The lowest BCUT2D eigenvalue weighted by Crippen LogP contribution is -2.17. The summed E-state index contributed by atoms with van der Waals surface area (Å²) in [7, 11) is -2.45. The predicted molar refractivity (Wildman–Crippen MR) is 72.9 cm³/mol. The van der Waals surface area contributed by atoms with Crippen LogP contribution in [0, 0.1) is 0 Å². The van der Waals surface area contributed by atoms with Gasteiger partial charge in [0, 0.05) is 11.5 Å². The Balaban J connectivity index is 2.46. The largest absolute Gasteiger partial charge is 0.478 e. The fraction of sp³-hybridized carbons (Fsp3) is 0.100. The van der Waals surface area contributed by atoms with Gasteiger partial charge in [0.1, 0.15) is 11.2 Å². The smallest absolute Gasteiger partial charge is 0.335 e. The fourth-order valence-corrected chi connectivity index (χ4v) is 3.43. The number of nitrogens with one attached hydrogen (secondary N) is 1. The van der Waals surface area contributed by atoms with E-state index in [1.54, 1.807) is 0 Å². The van der Waals surface area contributed by atoms with Gasteiger partial charge in [0.2, 0.25) is 5.95 Å². The first-order valence-electron chi connectivity index (χ1n) is 5.21. The average Bonchev–Trinajstić information content (AvgIpc) is 2.74. The Bertz CT molecular complexity index is 771. The minimum absolute atomic E-state index is 0.0256. The predicted octanol–water partition coefficient (Wildman–Crippen LogP) is 1.08. The van der Waals surface area contributed by atoms with Crippen LogP contribution >= 0.6 is 15.9 Å². The van der Waals surface area contributed by atoms with E-state index in [0.717, 1.165) is 6.07 Å². The lowest BCUT2D eigenvalue weighted by molar-refractivity contribution is 0.0696. The number of benzene rings is 1. The number of aromatic carboxylic acids is 1. The maximum absolute atomic E-state index is 12.2. The van der Waals surface area contributed by atoms with E-state index < -0.39 is 16.0 Å². The van der Waals surface area contributed by atoms with E-state index in [2.05, 4.69) is 30.7 Å². The van der Waals surface area contributed by atoms with Crippen LogP contribution in [0.1, 0.15) is 10.4 Å². The van der Waals surface area contributed by atoms with Crippen molar-refractivity contribution in [2.24, 2.45) is 7.05 Å². The molecule has 1 aromatic heterocycles. The van der Waals surface area contributed by atoms with E-state index in [0.29, 0.717) is 0 Å². The third kappa shape index (κ3) is 2.80. The van der Waals surface area contributed by atoms with E-state index in [1.807, 2.05) is 0 Å². The molecular weight excluding hydrogens is 352 g/mol. The summed E-state index contributed by atoms with van der Waals surface area (Å²) in [6, 6.07) is 3.72. The second-order valence-corrected chi connectivity index (χ2v) is 6.27. The first kappa shape index (κ1) is 14.5. The summed E-state index contributed by atoms with van der Waals surface area (Å²) in [4.78, 5) is 14.5. The molecule has 1 aromatic carbocycles. The van der Waals surface area contributed by atoms with Gasteiger partial charge in [0.05, 0.1) is 5.56 Å². The average molecular weight is 361 g/mol. The third-order valence-corrected chi connectivity index (χ3v) is 4.73. The zero-order chi connectivity index (χ0) is 14.9. The van der Waals surface area contributed by atoms with Crippen molar-refractivity contribution >= 4 is 37.9 Å². The van der Waals surface area contributed by atoms with Gasteiger partial charge in [0.15, 0.2) is 0 Å². The molecule has 2 aromatic rings. The highest BCUT2D eigenvalue weighted by molar-refractivity contribution is 9.10. The van der Waals surface area contributed by atoms with Crippen LogP contribution in [-0.2, 0) is 17.1 Å². The highest BCUT2D eigenvalue weighted by atomic mass is 79.9. The van der Waals surface area contributed by atoms with Crippen molar-refractivity contribution in [2.45, 2.75) is 4.90 Å². The lowest BCUT2D eigenvalue weighted by Gasteiger charge is -2.09. The summed E-state index contributed by atoms with van der Waals surface area (Å²) in [5, 5.41) is 12.6. The summed E-state index contributed by atoms with van der Waals surface area (Å²) in [5.74, 6) is -1.19. The van der Waals surface area contributed by atoms with Crippen LogP contribution in [0.15, 0.2) is 33.9 Å². The number of aromatic nitrogens is 3. The normalized spacial score (nSPS) is 11.3. The maximum Gasteiger partial charge on any atom is 0.335 e. The molecular formula is C10H9BrN4O4S. The van der Waals surface area contributed by atoms with Crippen LogP contribution in [0.5, 0.6) is 0 Å². The maximum atomic E-state index is 12.2. The molecule has 0 bridgehead atoms. The van der Waals surface area contributed by atoms with Crippen molar-refractivity contribution in [1.29, 1.82) is 0 Å². The van der Waals surface area contributed by atoms with Crippen molar-refractivity contribution < 1.29 is 18.3 Å². The number of anilines is 1. The molecule has 0 aliphatic heterocycles. The van der Waals surface area contributed by atoms with E-state index in [-0.39, 0.29) is 20.9 Å². The number of carbonyl (C=O) groups is 1. The number of nitrogens with zero attached hydrogens (tertiary/aromatic N) is 3.